The zero-order valence-electron chi connectivity index (χ0n) is 20.0. The van der Waals surface area contributed by atoms with Gasteiger partial charge >= 0.3 is 0 Å². The van der Waals surface area contributed by atoms with Crippen LogP contribution < -0.4 is 0 Å². The van der Waals surface area contributed by atoms with E-state index in [1.165, 1.54) is 22.3 Å². The number of rotatable bonds is 9. The molecule has 0 bridgehead atoms. The van der Waals surface area contributed by atoms with E-state index in [9.17, 15) is 0 Å². The van der Waals surface area contributed by atoms with Gasteiger partial charge in [-0.2, -0.15) is 0 Å². The maximum absolute atomic E-state index is 6.93. The molecule has 4 heteroatoms. The van der Waals surface area contributed by atoms with Crippen molar-refractivity contribution < 1.29 is 4.52 Å². The lowest BCUT2D eigenvalue weighted by Gasteiger charge is -2.46. The van der Waals surface area contributed by atoms with E-state index in [1.807, 2.05) is 0 Å². The molecule has 2 aromatic rings. The molecular weight excluding hydrogens is 387 g/mol. The third-order valence-electron chi connectivity index (χ3n) is 5.83. The first-order chi connectivity index (χ1) is 14.2. The summed E-state index contributed by atoms with van der Waals surface area (Å²) in [5, 5.41) is 0. The van der Waals surface area contributed by atoms with Gasteiger partial charge in [0.05, 0.1) is 6.61 Å². The van der Waals surface area contributed by atoms with E-state index >= 15 is 0 Å². The molecule has 3 rings (SSSR count). The molecule has 0 heterocycles. The maximum atomic E-state index is 6.93. The highest BCUT2D eigenvalue weighted by Crippen LogP contribution is 2.53. The molecule has 0 saturated heterocycles. The Morgan fingerprint density at radius 2 is 1.03 bits per heavy atom. The van der Waals surface area contributed by atoms with Crippen LogP contribution in [-0.2, 0) is 4.52 Å². The van der Waals surface area contributed by atoms with Gasteiger partial charge in [0.15, 0.2) is 8.45 Å². The smallest absolute Gasteiger partial charge is 0.188 e. The summed E-state index contributed by atoms with van der Waals surface area (Å²) in [6, 6.07) is 19.4. The highest BCUT2D eigenvalue weighted by atomic mass is 31.2. The fourth-order valence-corrected chi connectivity index (χ4v) is 7.18. The highest BCUT2D eigenvalue weighted by molar-refractivity contribution is 7.47. The van der Waals surface area contributed by atoms with Gasteiger partial charge < -0.3 is 4.52 Å². The van der Waals surface area contributed by atoms with E-state index in [-0.39, 0.29) is 0 Å². The quantitative estimate of drug-likeness (QED) is 0.392. The van der Waals surface area contributed by atoms with E-state index in [4.69, 9.17) is 4.52 Å². The topological polar surface area (TPSA) is 15.7 Å². The molecule has 30 heavy (non-hydrogen) atoms. The third kappa shape index (κ3) is 4.65. The average molecular weight is 427 g/mol. The van der Waals surface area contributed by atoms with Crippen molar-refractivity contribution in [3.63, 3.8) is 0 Å². The third-order valence-corrected chi connectivity index (χ3v) is 8.85. The van der Waals surface area contributed by atoms with Crippen LogP contribution in [-0.4, -0.2) is 40.1 Å². The summed E-state index contributed by atoms with van der Waals surface area (Å²) in [6.07, 6.45) is 0. The number of nitrogens with zero attached hydrogens (tertiary/aromatic N) is 2. The van der Waals surface area contributed by atoms with Crippen molar-refractivity contribution in [1.82, 2.24) is 9.34 Å². The second-order valence-corrected chi connectivity index (χ2v) is 11.1. The molecule has 3 nitrogen and oxygen atoms in total. The Morgan fingerprint density at radius 3 is 1.40 bits per heavy atom. The largest absolute Gasteiger partial charge is 0.330 e. The normalized spacial score (nSPS) is 14.2. The van der Waals surface area contributed by atoms with Gasteiger partial charge in [0.2, 0.25) is 0 Å². The Balaban J connectivity index is 1.94. The average Bonchev–Trinajstić information content (AvgIpc) is 2.99. The molecule has 2 aromatic carbocycles. The van der Waals surface area contributed by atoms with Gasteiger partial charge in [-0.25, -0.2) is 9.34 Å². The van der Waals surface area contributed by atoms with Crippen molar-refractivity contribution in [1.29, 1.82) is 0 Å². The number of hydrogen-bond acceptors (Lipinski definition) is 3. The Bertz CT molecular complexity index is 752. The Kier molecular flexibility index (Phi) is 7.74. The minimum absolute atomic E-state index is 0.296. The summed E-state index contributed by atoms with van der Waals surface area (Å²) in [5.41, 5.74) is 5.52. The zero-order chi connectivity index (χ0) is 22.0. The van der Waals surface area contributed by atoms with Crippen molar-refractivity contribution in [3.05, 3.63) is 59.7 Å². The summed E-state index contributed by atoms with van der Waals surface area (Å²) in [4.78, 5) is 0. The van der Waals surface area contributed by atoms with Crippen LogP contribution in [0.4, 0.5) is 0 Å². The van der Waals surface area contributed by atoms with E-state index in [2.05, 4.69) is 113 Å². The molecule has 0 unspecified atom stereocenters. The van der Waals surface area contributed by atoms with Crippen molar-refractivity contribution in [2.75, 3.05) is 6.61 Å². The summed E-state index contributed by atoms with van der Waals surface area (Å²) in [5.74, 6) is 0.296. The Morgan fingerprint density at radius 1 is 0.667 bits per heavy atom. The van der Waals surface area contributed by atoms with Crippen molar-refractivity contribution in [2.24, 2.45) is 0 Å². The molecule has 164 valence electrons. The molecule has 1 aliphatic carbocycles. The van der Waals surface area contributed by atoms with Crippen molar-refractivity contribution in [2.45, 2.75) is 85.5 Å². The van der Waals surface area contributed by atoms with Gasteiger partial charge in [-0.15, -0.1) is 0 Å². The lowest BCUT2D eigenvalue weighted by atomic mass is 9.98. The SMILES string of the molecule is CC(C)N(C(C)C)P(OCC1c2ccccc2-c2ccccc21)N(C(C)C)C(C)C. The summed E-state index contributed by atoms with van der Waals surface area (Å²) in [7, 11) is -0.873. The maximum Gasteiger partial charge on any atom is 0.188 e. The van der Waals surface area contributed by atoms with Gasteiger partial charge in [-0.3, -0.25) is 0 Å². The van der Waals surface area contributed by atoms with Gasteiger partial charge in [-0.05, 0) is 77.6 Å². The fourth-order valence-electron chi connectivity index (χ4n) is 4.82. The summed E-state index contributed by atoms with van der Waals surface area (Å²) in [6.45, 7) is 19.0. The lowest BCUT2D eigenvalue weighted by Crippen LogP contribution is -2.43. The molecule has 0 amide bonds. The second kappa shape index (κ2) is 9.92. The molecule has 0 saturated carbocycles. The first-order valence-corrected chi connectivity index (χ1v) is 12.6. The molecule has 0 spiro atoms. The first-order valence-electron chi connectivity index (χ1n) is 11.4. The summed E-state index contributed by atoms with van der Waals surface area (Å²) >= 11 is 0. The molecule has 0 aliphatic heterocycles. The van der Waals surface area contributed by atoms with Gasteiger partial charge in [-0.1, -0.05) is 48.5 Å². The molecule has 0 atom stereocenters. The minimum Gasteiger partial charge on any atom is -0.330 e. The van der Waals surface area contributed by atoms with Gasteiger partial charge in [0.25, 0.3) is 0 Å². The zero-order valence-corrected chi connectivity index (χ0v) is 20.9. The van der Waals surface area contributed by atoms with Crippen LogP contribution in [0.25, 0.3) is 11.1 Å². The Hall–Kier alpha value is -1.25. The number of hydrogen-bond donors (Lipinski definition) is 0. The fraction of sp³-hybridized carbons (Fsp3) is 0.538. The van der Waals surface area contributed by atoms with E-state index in [0.717, 1.165) is 0 Å². The van der Waals surface area contributed by atoms with Crippen molar-refractivity contribution in [3.8, 4) is 11.1 Å². The van der Waals surface area contributed by atoms with E-state index < -0.39 is 8.45 Å². The number of fused-ring (bicyclic) bond motifs is 3. The molecular formula is C26H39N2OP. The van der Waals surface area contributed by atoms with Crippen LogP contribution in [0.1, 0.15) is 72.4 Å². The van der Waals surface area contributed by atoms with Crippen molar-refractivity contribution >= 4 is 8.45 Å². The van der Waals surface area contributed by atoms with Crippen LogP contribution in [0, 0.1) is 0 Å². The predicted octanol–water partition coefficient (Wildman–Crippen LogP) is 7.28. The molecule has 0 N–H and O–H groups in total. The minimum atomic E-state index is -0.873. The first kappa shape index (κ1) is 23.4. The molecule has 0 aromatic heterocycles. The van der Waals surface area contributed by atoms with Gasteiger partial charge in [0.1, 0.15) is 0 Å². The Labute approximate surface area is 185 Å². The van der Waals surface area contributed by atoms with Crippen LogP contribution in [0.15, 0.2) is 48.5 Å². The number of benzene rings is 2. The molecule has 0 radical (unpaired) electrons. The second-order valence-electron chi connectivity index (χ2n) is 9.41. The van der Waals surface area contributed by atoms with E-state index in [1.54, 1.807) is 0 Å². The monoisotopic (exact) mass is 426 g/mol. The van der Waals surface area contributed by atoms with E-state index in [0.29, 0.717) is 36.7 Å². The summed E-state index contributed by atoms with van der Waals surface area (Å²) < 4.78 is 12.1. The lowest BCUT2D eigenvalue weighted by molar-refractivity contribution is 0.184. The van der Waals surface area contributed by atoms with Crippen LogP contribution in [0.5, 0.6) is 0 Å². The van der Waals surface area contributed by atoms with Crippen LogP contribution >= 0.6 is 8.45 Å². The molecule has 1 aliphatic rings. The molecule has 0 fully saturated rings. The highest BCUT2D eigenvalue weighted by Gasteiger charge is 2.36. The predicted molar refractivity (Wildman–Crippen MR) is 131 cm³/mol. The van der Waals surface area contributed by atoms with Crippen LogP contribution in [0.3, 0.4) is 0 Å². The van der Waals surface area contributed by atoms with Crippen LogP contribution in [0.2, 0.25) is 0 Å². The standard InChI is InChI=1S/C26H39N2OP/c1-18(2)27(19(3)4)30(28(20(5)6)21(7)8)29-17-26-24-15-11-9-13-22(24)23-14-10-12-16-25(23)26/h9-16,18-21,26H,17H2,1-8H3. The van der Waals surface area contributed by atoms with Gasteiger partial charge in [0, 0.05) is 30.1 Å².